The van der Waals surface area contributed by atoms with E-state index < -0.39 is 13.8 Å². The fourth-order valence-corrected chi connectivity index (χ4v) is 20.8. The molecular formula is C45H34P2. The predicted molar refractivity (Wildman–Crippen MR) is 206 cm³/mol. The van der Waals surface area contributed by atoms with E-state index in [1.54, 1.807) is 0 Å². The van der Waals surface area contributed by atoms with E-state index in [2.05, 4.69) is 194 Å². The van der Waals surface area contributed by atoms with Crippen molar-refractivity contribution < 1.29 is 0 Å². The molecule has 0 saturated heterocycles. The van der Waals surface area contributed by atoms with Crippen LogP contribution in [0.4, 0.5) is 0 Å². The summed E-state index contributed by atoms with van der Waals surface area (Å²) < 4.78 is 0. The van der Waals surface area contributed by atoms with Gasteiger partial charge in [0.2, 0.25) is 0 Å². The van der Waals surface area contributed by atoms with Gasteiger partial charge in [-0.15, -0.1) is 0 Å². The third kappa shape index (κ3) is 4.29. The summed E-state index contributed by atoms with van der Waals surface area (Å²) in [6.07, 6.45) is 0. The van der Waals surface area contributed by atoms with Crippen LogP contribution < -0.4 is 21.2 Å². The molecule has 0 N–H and O–H groups in total. The minimum Gasteiger partial charge on any atom is -0.0622 e. The van der Waals surface area contributed by atoms with Crippen LogP contribution in [-0.2, 0) is 0 Å². The highest BCUT2D eigenvalue weighted by molar-refractivity contribution is 7.97. The fraction of sp³-hybridized carbons (Fsp3) is 0.0222. The Kier molecular flexibility index (Phi) is 6.90. The molecule has 8 aromatic rings. The van der Waals surface area contributed by atoms with Crippen LogP contribution in [0.3, 0.4) is 0 Å². The van der Waals surface area contributed by atoms with E-state index in [-0.39, 0.29) is 0 Å². The molecule has 0 fully saturated rings. The van der Waals surface area contributed by atoms with Gasteiger partial charge in [-0.3, -0.25) is 0 Å². The van der Waals surface area contributed by atoms with Crippen LogP contribution in [0, 0.1) is 20.3 Å². The van der Waals surface area contributed by atoms with Crippen molar-refractivity contribution in [3.63, 3.8) is 0 Å². The quantitative estimate of drug-likeness (QED) is 0.169. The maximum absolute atomic E-state index is 2.51. The topological polar surface area (TPSA) is 0 Å². The van der Waals surface area contributed by atoms with E-state index in [0.717, 1.165) is 5.90 Å². The molecule has 0 amide bonds. The molecule has 0 aliphatic carbocycles. The van der Waals surface area contributed by atoms with Crippen LogP contribution in [0.25, 0.3) is 21.5 Å². The van der Waals surface area contributed by atoms with Gasteiger partial charge in [0.25, 0.3) is 0 Å². The maximum Gasteiger partial charge on any atom is 0.00388 e. The van der Waals surface area contributed by atoms with Crippen molar-refractivity contribution in [2.75, 3.05) is 5.90 Å². The predicted octanol–water partition coefficient (Wildman–Crippen LogP) is 10.1. The molecular weight excluding hydrogens is 602 g/mol. The molecule has 9 rings (SSSR count). The number of rotatable bonds is 4. The molecule has 8 aromatic carbocycles. The molecule has 0 bridgehead atoms. The van der Waals surface area contributed by atoms with Gasteiger partial charge in [-0.2, -0.15) is 0 Å². The Hall–Kier alpha value is -4.86. The van der Waals surface area contributed by atoms with E-state index in [4.69, 9.17) is 0 Å². The molecule has 0 saturated carbocycles. The first kappa shape index (κ1) is 28.4. The Bertz CT molecular complexity index is 2430. The summed E-state index contributed by atoms with van der Waals surface area (Å²) in [6.45, 7) is -4.59. The Labute approximate surface area is 275 Å². The molecule has 1 aliphatic heterocycles. The molecule has 0 spiro atoms. The lowest BCUT2D eigenvalue weighted by Gasteiger charge is -2.37. The largest absolute Gasteiger partial charge is 0.0622 e. The molecule has 0 unspecified atom stereocenters. The lowest BCUT2D eigenvalue weighted by atomic mass is 10.0. The zero-order valence-corrected chi connectivity index (χ0v) is 27.9. The van der Waals surface area contributed by atoms with Gasteiger partial charge in [0.05, 0.1) is 0 Å². The Balaban J connectivity index is 1.78. The molecule has 47 heavy (non-hydrogen) atoms. The van der Waals surface area contributed by atoms with Gasteiger partial charge in [0.1, 0.15) is 0 Å². The minimum atomic E-state index is -2.30. The number of hydrogen-bond acceptors (Lipinski definition) is 0. The van der Waals surface area contributed by atoms with Crippen molar-refractivity contribution >= 4 is 56.5 Å². The highest BCUT2D eigenvalue weighted by atomic mass is 31.2. The van der Waals surface area contributed by atoms with Crippen LogP contribution in [-0.4, -0.2) is 5.90 Å². The SMILES string of the molecule is c1ccc(P2(c3ccccc3)=c3ccc4ccccc4c3=c3c(ccc4ccccc34)=P(c3ccccc3)(c3ccccc3)C2)cc1. The van der Waals surface area contributed by atoms with Gasteiger partial charge in [0, 0.05) is 5.90 Å². The summed E-state index contributed by atoms with van der Waals surface area (Å²) >= 11 is 0. The van der Waals surface area contributed by atoms with Crippen molar-refractivity contribution in [1.82, 2.24) is 0 Å². The van der Waals surface area contributed by atoms with Gasteiger partial charge in [-0.1, -0.05) is 194 Å². The molecule has 2 heteroatoms. The van der Waals surface area contributed by atoms with Crippen LogP contribution >= 0.6 is 13.8 Å². The Morgan fingerprint density at radius 3 is 0.915 bits per heavy atom. The van der Waals surface area contributed by atoms with Crippen LogP contribution in [0.1, 0.15) is 0 Å². The van der Waals surface area contributed by atoms with Gasteiger partial charge in [-0.05, 0) is 76.9 Å². The van der Waals surface area contributed by atoms with Crippen molar-refractivity contribution in [2.45, 2.75) is 0 Å². The van der Waals surface area contributed by atoms with E-state index in [1.165, 1.54) is 63.1 Å². The van der Waals surface area contributed by atoms with Crippen molar-refractivity contribution in [3.8, 4) is 0 Å². The van der Waals surface area contributed by atoms with Crippen molar-refractivity contribution in [1.29, 1.82) is 0 Å². The van der Waals surface area contributed by atoms with Crippen LogP contribution in [0.5, 0.6) is 0 Å². The van der Waals surface area contributed by atoms with E-state index >= 15 is 0 Å². The van der Waals surface area contributed by atoms with Crippen LogP contribution in [0.15, 0.2) is 194 Å². The lowest BCUT2D eigenvalue weighted by molar-refractivity contribution is 1.52. The summed E-state index contributed by atoms with van der Waals surface area (Å²) in [4.78, 5) is 2.97. The third-order valence-electron chi connectivity index (χ3n) is 10.1. The molecule has 1 heterocycles. The van der Waals surface area contributed by atoms with E-state index in [9.17, 15) is 0 Å². The number of fused-ring (bicyclic) bond motifs is 6. The Morgan fingerprint density at radius 1 is 0.277 bits per heavy atom. The summed E-state index contributed by atoms with van der Waals surface area (Å²) in [5.74, 6) is 1.04. The van der Waals surface area contributed by atoms with Crippen LogP contribution in [0.2, 0.25) is 0 Å². The second-order valence-corrected chi connectivity index (χ2v) is 19.9. The highest BCUT2D eigenvalue weighted by Gasteiger charge is 2.36. The zero-order valence-electron chi connectivity index (χ0n) is 26.1. The van der Waals surface area contributed by atoms with E-state index in [1.807, 2.05) is 0 Å². The van der Waals surface area contributed by atoms with Gasteiger partial charge >= 0.3 is 0 Å². The third-order valence-corrected chi connectivity index (χ3v) is 20.6. The molecule has 0 nitrogen and oxygen atoms in total. The first-order valence-corrected chi connectivity index (χ1v) is 20.3. The second-order valence-electron chi connectivity index (χ2n) is 12.5. The van der Waals surface area contributed by atoms with Crippen molar-refractivity contribution in [2.24, 2.45) is 0 Å². The highest BCUT2D eigenvalue weighted by Crippen LogP contribution is 2.65. The number of hydrogen-bond donors (Lipinski definition) is 0. The first-order valence-electron chi connectivity index (χ1n) is 16.3. The molecule has 224 valence electrons. The average Bonchev–Trinajstić information content (AvgIpc) is 3.29. The van der Waals surface area contributed by atoms with Crippen molar-refractivity contribution in [3.05, 3.63) is 214 Å². The minimum absolute atomic E-state index is 1.04. The lowest BCUT2D eigenvalue weighted by Crippen LogP contribution is -2.26. The average molecular weight is 637 g/mol. The number of benzene rings is 8. The molecule has 1 aliphatic rings. The maximum atomic E-state index is 2.51. The second kappa shape index (κ2) is 11.4. The van der Waals surface area contributed by atoms with Gasteiger partial charge < -0.3 is 0 Å². The zero-order chi connectivity index (χ0) is 31.3. The fourth-order valence-electron chi connectivity index (χ4n) is 8.06. The standard InChI is InChI=1S/C45H34P2/c1-5-19-36(20-6-1)46(37-21-7-2-8-22-37)33-47(38-23-9-3-10-24-38,39-25-11-4-12-26-39)43-32-30-35-18-14-16-28-41(35)45(43)44-40-27-15-13-17-34(40)29-31-42(44)46/h1-32H,33H2. The normalized spacial score (nSPS) is 14.6. The summed E-state index contributed by atoms with van der Waals surface area (Å²) in [5, 5.41) is 13.8. The van der Waals surface area contributed by atoms with E-state index in [0.29, 0.717) is 0 Å². The van der Waals surface area contributed by atoms with Gasteiger partial charge in [-0.25, -0.2) is 0 Å². The van der Waals surface area contributed by atoms with Gasteiger partial charge in [0.15, 0.2) is 0 Å². The first-order chi connectivity index (χ1) is 23.3. The molecule has 0 aromatic heterocycles. The molecule has 0 atom stereocenters. The monoisotopic (exact) mass is 636 g/mol. The summed E-state index contributed by atoms with van der Waals surface area (Å²) in [6, 6.07) is 73.9. The Morgan fingerprint density at radius 2 is 0.574 bits per heavy atom. The summed E-state index contributed by atoms with van der Waals surface area (Å²) in [7, 11) is 0. The smallest absolute Gasteiger partial charge is 0.00388 e. The molecule has 0 radical (unpaired) electrons. The summed E-state index contributed by atoms with van der Waals surface area (Å²) in [5.41, 5.74) is 0.